The third kappa shape index (κ3) is 1.75. The van der Waals surface area contributed by atoms with Crippen LogP contribution in [0.3, 0.4) is 0 Å². The monoisotopic (exact) mass is 283 g/mol. The molecule has 3 nitrogen and oxygen atoms in total. The molecule has 0 unspecified atom stereocenters. The summed E-state index contributed by atoms with van der Waals surface area (Å²) in [6, 6.07) is 2.56. The molecule has 0 atom stereocenters. The molecule has 0 aliphatic rings. The third-order valence-corrected chi connectivity index (χ3v) is 3.71. The van der Waals surface area contributed by atoms with Gasteiger partial charge in [-0.1, -0.05) is 0 Å². The van der Waals surface area contributed by atoms with Gasteiger partial charge in [0.15, 0.2) is 16.4 Å². The second kappa shape index (κ2) is 4.25. The van der Waals surface area contributed by atoms with E-state index in [4.69, 9.17) is 12.2 Å². The Morgan fingerprint density at radius 2 is 2.22 bits per heavy atom. The van der Waals surface area contributed by atoms with E-state index in [0.29, 0.717) is 16.8 Å². The van der Waals surface area contributed by atoms with E-state index in [2.05, 4.69) is 9.97 Å². The highest BCUT2D eigenvalue weighted by Gasteiger charge is 2.14. The molecule has 0 amide bonds. The van der Waals surface area contributed by atoms with Gasteiger partial charge in [0.25, 0.3) is 0 Å². The van der Waals surface area contributed by atoms with Gasteiger partial charge in [0.05, 0.1) is 17.6 Å². The number of nitrogens with zero attached hydrogens (tertiary/aromatic N) is 2. The Morgan fingerprint density at radius 1 is 1.39 bits per heavy atom. The standard InChI is InChI=1S/C11H7F2N3S2/c12-7-1-2-8-10(9(7)13)16(11(17)15-8)4-6-3-14-5-18-6/h1-3,5H,4H2,(H,15,17). The van der Waals surface area contributed by atoms with Crippen LogP contribution in [0.5, 0.6) is 0 Å². The smallest absolute Gasteiger partial charge is 0.184 e. The maximum absolute atomic E-state index is 13.8. The molecule has 1 aromatic carbocycles. The van der Waals surface area contributed by atoms with Crippen molar-refractivity contribution in [2.45, 2.75) is 6.54 Å². The van der Waals surface area contributed by atoms with E-state index in [9.17, 15) is 8.78 Å². The van der Waals surface area contributed by atoms with Crippen molar-refractivity contribution in [2.24, 2.45) is 0 Å². The van der Waals surface area contributed by atoms with Gasteiger partial charge in [0, 0.05) is 11.1 Å². The van der Waals surface area contributed by atoms with Crippen LogP contribution >= 0.6 is 23.6 Å². The number of benzene rings is 1. The second-order valence-electron chi connectivity index (χ2n) is 3.74. The summed E-state index contributed by atoms with van der Waals surface area (Å²) in [7, 11) is 0. The molecule has 0 aliphatic heterocycles. The molecular weight excluding hydrogens is 276 g/mol. The van der Waals surface area contributed by atoms with Gasteiger partial charge < -0.3 is 9.55 Å². The zero-order chi connectivity index (χ0) is 12.7. The molecule has 18 heavy (non-hydrogen) atoms. The van der Waals surface area contributed by atoms with Crippen LogP contribution in [0.4, 0.5) is 8.78 Å². The topological polar surface area (TPSA) is 33.6 Å². The first kappa shape index (κ1) is 11.5. The highest BCUT2D eigenvalue weighted by molar-refractivity contribution is 7.71. The van der Waals surface area contributed by atoms with Crippen LogP contribution in [0.1, 0.15) is 4.88 Å². The number of H-pyrrole nitrogens is 1. The molecule has 3 rings (SSSR count). The summed E-state index contributed by atoms with van der Waals surface area (Å²) < 4.78 is 29.0. The maximum atomic E-state index is 13.8. The minimum absolute atomic E-state index is 0.161. The summed E-state index contributed by atoms with van der Waals surface area (Å²) in [5, 5.41) is 0. The van der Waals surface area contributed by atoms with Gasteiger partial charge in [0.1, 0.15) is 5.52 Å². The highest BCUT2D eigenvalue weighted by atomic mass is 32.1. The van der Waals surface area contributed by atoms with E-state index in [-0.39, 0.29) is 5.52 Å². The van der Waals surface area contributed by atoms with Gasteiger partial charge in [-0.25, -0.2) is 8.78 Å². The number of thiazole rings is 1. The molecule has 0 spiro atoms. The number of fused-ring (bicyclic) bond motifs is 1. The Balaban J connectivity index is 2.24. The van der Waals surface area contributed by atoms with Crippen molar-refractivity contribution < 1.29 is 8.78 Å². The second-order valence-corrected chi connectivity index (χ2v) is 5.10. The van der Waals surface area contributed by atoms with Crippen LogP contribution in [0.15, 0.2) is 23.8 Å². The molecule has 0 bridgehead atoms. The molecule has 0 saturated heterocycles. The molecule has 92 valence electrons. The van der Waals surface area contributed by atoms with Crippen LogP contribution < -0.4 is 0 Å². The Kier molecular flexibility index (Phi) is 2.71. The number of aromatic nitrogens is 3. The predicted molar refractivity (Wildman–Crippen MR) is 68.3 cm³/mol. The van der Waals surface area contributed by atoms with Gasteiger partial charge in [-0.3, -0.25) is 4.98 Å². The Bertz CT molecular complexity index is 759. The predicted octanol–water partition coefficient (Wildman–Crippen LogP) is 3.48. The number of hydrogen-bond donors (Lipinski definition) is 1. The third-order valence-electron chi connectivity index (χ3n) is 2.62. The lowest BCUT2D eigenvalue weighted by atomic mass is 10.3. The van der Waals surface area contributed by atoms with Crippen molar-refractivity contribution in [3.05, 3.63) is 45.1 Å². The van der Waals surface area contributed by atoms with Crippen LogP contribution in [0.25, 0.3) is 11.0 Å². The van der Waals surface area contributed by atoms with Crippen molar-refractivity contribution in [1.82, 2.24) is 14.5 Å². The van der Waals surface area contributed by atoms with Gasteiger partial charge in [-0.15, -0.1) is 11.3 Å². The molecule has 3 aromatic rings. The number of halogens is 2. The molecule has 0 radical (unpaired) electrons. The van der Waals surface area contributed by atoms with Crippen molar-refractivity contribution in [2.75, 3.05) is 0 Å². The summed E-state index contributed by atoms with van der Waals surface area (Å²) >= 11 is 6.57. The maximum Gasteiger partial charge on any atom is 0.184 e. The van der Waals surface area contributed by atoms with E-state index in [1.807, 2.05) is 0 Å². The molecular formula is C11H7F2N3S2. The lowest BCUT2D eigenvalue weighted by Gasteiger charge is -2.03. The SMILES string of the molecule is Fc1ccc2[nH]c(=S)n(Cc3cncs3)c2c1F. The van der Waals surface area contributed by atoms with Crippen molar-refractivity contribution in [1.29, 1.82) is 0 Å². The minimum Gasteiger partial charge on any atom is -0.330 e. The highest BCUT2D eigenvalue weighted by Crippen LogP contribution is 2.22. The van der Waals surface area contributed by atoms with E-state index in [1.54, 1.807) is 11.7 Å². The van der Waals surface area contributed by atoms with E-state index in [1.165, 1.54) is 22.0 Å². The van der Waals surface area contributed by atoms with Gasteiger partial charge in [-0.2, -0.15) is 0 Å². The Labute approximate surface area is 110 Å². The normalized spacial score (nSPS) is 11.2. The average molecular weight is 283 g/mol. The van der Waals surface area contributed by atoms with Gasteiger partial charge in [-0.05, 0) is 24.4 Å². The van der Waals surface area contributed by atoms with Crippen molar-refractivity contribution >= 4 is 34.6 Å². The Morgan fingerprint density at radius 3 is 2.94 bits per heavy atom. The molecule has 0 saturated carbocycles. The van der Waals surface area contributed by atoms with Crippen LogP contribution in [-0.4, -0.2) is 14.5 Å². The largest absolute Gasteiger partial charge is 0.330 e. The lowest BCUT2D eigenvalue weighted by Crippen LogP contribution is -2.00. The fourth-order valence-corrected chi connectivity index (χ4v) is 2.66. The fraction of sp³-hybridized carbons (Fsp3) is 0.0909. The first-order valence-corrected chi connectivity index (χ1v) is 6.39. The molecule has 0 aliphatic carbocycles. The number of nitrogens with one attached hydrogen (secondary N) is 1. The minimum atomic E-state index is -0.885. The zero-order valence-electron chi connectivity index (χ0n) is 8.98. The first-order chi connectivity index (χ1) is 8.66. The molecule has 7 heteroatoms. The lowest BCUT2D eigenvalue weighted by molar-refractivity contribution is 0.512. The average Bonchev–Trinajstić information content (AvgIpc) is 2.94. The van der Waals surface area contributed by atoms with Gasteiger partial charge in [0.2, 0.25) is 0 Å². The molecule has 0 fully saturated rings. The van der Waals surface area contributed by atoms with Crippen molar-refractivity contribution in [3.63, 3.8) is 0 Å². The van der Waals surface area contributed by atoms with Gasteiger partial charge >= 0.3 is 0 Å². The quantitative estimate of drug-likeness (QED) is 0.730. The summed E-state index contributed by atoms with van der Waals surface area (Å²) in [5.74, 6) is -1.76. The fourth-order valence-electron chi connectivity index (χ4n) is 1.82. The zero-order valence-corrected chi connectivity index (χ0v) is 10.6. The number of aromatic amines is 1. The summed E-state index contributed by atoms with van der Waals surface area (Å²) in [4.78, 5) is 7.73. The van der Waals surface area contributed by atoms with Crippen LogP contribution in [0, 0.1) is 16.4 Å². The van der Waals surface area contributed by atoms with E-state index >= 15 is 0 Å². The van der Waals surface area contributed by atoms with E-state index < -0.39 is 11.6 Å². The summed E-state index contributed by atoms with van der Waals surface area (Å²) in [6.07, 6.45) is 1.68. The summed E-state index contributed by atoms with van der Waals surface area (Å²) in [6.45, 7) is 0.379. The molecule has 2 heterocycles. The number of imidazole rings is 1. The Hall–Kier alpha value is -1.60. The van der Waals surface area contributed by atoms with Crippen molar-refractivity contribution in [3.8, 4) is 0 Å². The number of rotatable bonds is 2. The molecule has 2 aromatic heterocycles. The van der Waals surface area contributed by atoms with Crippen LogP contribution in [0.2, 0.25) is 0 Å². The molecule has 1 N–H and O–H groups in total. The van der Waals surface area contributed by atoms with E-state index in [0.717, 1.165) is 10.9 Å². The summed E-state index contributed by atoms with van der Waals surface area (Å²) in [5.41, 5.74) is 2.34. The first-order valence-electron chi connectivity index (χ1n) is 5.10. The van der Waals surface area contributed by atoms with Crippen LogP contribution in [-0.2, 0) is 6.54 Å². The number of hydrogen-bond acceptors (Lipinski definition) is 3.